The van der Waals surface area contributed by atoms with Crippen molar-refractivity contribution in [2.75, 3.05) is 0 Å². The molecular formula is C8H10N4O2. The summed E-state index contributed by atoms with van der Waals surface area (Å²) in [6, 6.07) is 5.42. The van der Waals surface area contributed by atoms with E-state index < -0.39 is 5.97 Å². The van der Waals surface area contributed by atoms with Gasteiger partial charge in [0.2, 0.25) is 0 Å². The quantitative estimate of drug-likeness (QED) is 0.505. The number of nitrogens with zero attached hydrogens (tertiary/aromatic N) is 2. The first-order valence-corrected chi connectivity index (χ1v) is 3.98. The van der Waals surface area contributed by atoms with Gasteiger partial charge in [0.1, 0.15) is 11.8 Å². The summed E-state index contributed by atoms with van der Waals surface area (Å²) in [7, 11) is 0. The molecule has 1 heterocycles. The summed E-state index contributed by atoms with van der Waals surface area (Å²) in [6.07, 6.45) is 1.88. The molecule has 74 valence electrons. The number of carbonyl (C=O) groups excluding carboxylic acids is 1. The molecule has 0 aliphatic rings. The minimum absolute atomic E-state index is 0.160. The van der Waals surface area contributed by atoms with Crippen LogP contribution in [0.4, 0.5) is 0 Å². The first-order valence-electron chi connectivity index (χ1n) is 3.98. The topological polar surface area (TPSA) is 93.1 Å². The van der Waals surface area contributed by atoms with Gasteiger partial charge in [0.05, 0.1) is 6.42 Å². The Kier molecular flexibility index (Phi) is 3.67. The zero-order chi connectivity index (χ0) is 10.4. The average molecular weight is 194 g/mol. The van der Waals surface area contributed by atoms with Gasteiger partial charge in [-0.3, -0.25) is 4.79 Å². The van der Waals surface area contributed by atoms with E-state index in [2.05, 4.69) is 4.84 Å². The number of nitrogens with two attached hydrogens (primary N) is 1. The normalized spacial score (nSPS) is 9.43. The lowest BCUT2D eigenvalue weighted by Gasteiger charge is -2.03. The zero-order valence-electron chi connectivity index (χ0n) is 7.43. The summed E-state index contributed by atoms with van der Waals surface area (Å²) in [5.41, 5.74) is 2.31. The summed E-state index contributed by atoms with van der Waals surface area (Å²) in [4.78, 5) is 15.2. The van der Waals surface area contributed by atoms with Crippen molar-refractivity contribution in [3.8, 4) is 6.07 Å². The van der Waals surface area contributed by atoms with Crippen LogP contribution in [0.2, 0.25) is 0 Å². The number of hydrazine groups is 1. The van der Waals surface area contributed by atoms with Gasteiger partial charge < -0.3 is 9.40 Å². The van der Waals surface area contributed by atoms with E-state index in [0.29, 0.717) is 12.2 Å². The van der Waals surface area contributed by atoms with Crippen LogP contribution in [0.1, 0.15) is 12.1 Å². The third-order valence-corrected chi connectivity index (χ3v) is 1.67. The van der Waals surface area contributed by atoms with Crippen molar-refractivity contribution in [3.63, 3.8) is 0 Å². The molecule has 0 saturated carbocycles. The van der Waals surface area contributed by atoms with Crippen molar-refractivity contribution in [1.82, 2.24) is 10.2 Å². The van der Waals surface area contributed by atoms with Crippen LogP contribution in [0.15, 0.2) is 18.3 Å². The van der Waals surface area contributed by atoms with Crippen molar-refractivity contribution in [3.05, 3.63) is 24.0 Å². The van der Waals surface area contributed by atoms with Crippen LogP contribution < -0.4 is 11.4 Å². The van der Waals surface area contributed by atoms with Crippen molar-refractivity contribution >= 4 is 5.97 Å². The monoisotopic (exact) mass is 194 g/mol. The highest BCUT2D eigenvalue weighted by Crippen LogP contribution is 2.01. The Labute approximate surface area is 80.8 Å². The molecule has 1 aromatic heterocycles. The Balaban J connectivity index is 2.46. The van der Waals surface area contributed by atoms with Crippen LogP contribution in [0.5, 0.6) is 0 Å². The molecule has 6 heteroatoms. The van der Waals surface area contributed by atoms with Gasteiger partial charge in [-0.15, -0.1) is 0 Å². The zero-order valence-corrected chi connectivity index (χ0v) is 7.43. The number of aromatic nitrogens is 1. The predicted molar refractivity (Wildman–Crippen MR) is 47.2 cm³/mol. The lowest BCUT2D eigenvalue weighted by Crippen LogP contribution is -2.26. The Morgan fingerprint density at radius 2 is 2.57 bits per heavy atom. The maximum atomic E-state index is 10.9. The van der Waals surface area contributed by atoms with Gasteiger partial charge in [-0.05, 0) is 12.1 Å². The molecule has 0 aliphatic heterocycles. The van der Waals surface area contributed by atoms with Gasteiger partial charge in [-0.25, -0.2) is 5.84 Å². The van der Waals surface area contributed by atoms with Crippen LogP contribution in [0, 0.1) is 11.3 Å². The largest absolute Gasteiger partial charge is 0.356 e. The van der Waals surface area contributed by atoms with Crippen LogP contribution >= 0.6 is 0 Å². The summed E-state index contributed by atoms with van der Waals surface area (Å²) < 4.78 is 1.66. The van der Waals surface area contributed by atoms with E-state index in [1.165, 1.54) is 0 Å². The van der Waals surface area contributed by atoms with Gasteiger partial charge >= 0.3 is 5.97 Å². The fraction of sp³-hybridized carbons (Fsp3) is 0.250. The summed E-state index contributed by atoms with van der Waals surface area (Å²) in [5, 5.41) is 8.66. The molecule has 0 unspecified atom stereocenters. The number of carbonyl (C=O) groups is 1. The van der Waals surface area contributed by atoms with E-state index in [4.69, 9.17) is 11.1 Å². The van der Waals surface area contributed by atoms with Crippen LogP contribution in [0.25, 0.3) is 0 Å². The van der Waals surface area contributed by atoms with E-state index in [0.717, 1.165) is 0 Å². The van der Waals surface area contributed by atoms with E-state index in [9.17, 15) is 4.79 Å². The fourth-order valence-electron chi connectivity index (χ4n) is 1.04. The summed E-state index contributed by atoms with van der Waals surface area (Å²) in [5.74, 6) is 4.31. The molecule has 0 saturated heterocycles. The Morgan fingerprint density at radius 3 is 3.21 bits per heavy atom. The summed E-state index contributed by atoms with van der Waals surface area (Å²) >= 11 is 0. The Morgan fingerprint density at radius 1 is 1.79 bits per heavy atom. The number of rotatable bonds is 4. The van der Waals surface area contributed by atoms with Gasteiger partial charge in [-0.2, -0.15) is 5.26 Å². The fourth-order valence-corrected chi connectivity index (χ4v) is 1.04. The highest BCUT2D eigenvalue weighted by Gasteiger charge is 2.04. The molecule has 1 aromatic rings. The van der Waals surface area contributed by atoms with Crippen LogP contribution in [0.3, 0.4) is 0 Å². The molecular weight excluding hydrogens is 184 g/mol. The van der Waals surface area contributed by atoms with Crippen molar-refractivity contribution < 1.29 is 9.63 Å². The maximum absolute atomic E-state index is 10.9. The molecule has 14 heavy (non-hydrogen) atoms. The number of aryl methyl sites for hydroxylation is 1. The van der Waals surface area contributed by atoms with Crippen molar-refractivity contribution in [1.29, 1.82) is 5.26 Å². The third-order valence-electron chi connectivity index (χ3n) is 1.67. The number of nitrogens with one attached hydrogen (secondary N) is 1. The molecule has 0 aliphatic carbocycles. The Hall–Kier alpha value is -1.84. The highest BCUT2D eigenvalue weighted by atomic mass is 16.7. The van der Waals surface area contributed by atoms with Crippen molar-refractivity contribution in [2.24, 2.45) is 5.84 Å². The molecule has 0 radical (unpaired) electrons. The third kappa shape index (κ3) is 2.58. The van der Waals surface area contributed by atoms with Gasteiger partial charge in [-0.1, -0.05) is 5.59 Å². The standard InChI is InChI=1S/C8H10N4O2/c9-6-7-2-1-4-12(7)5-3-8(13)14-11-10/h1-2,4,11H,3,5,10H2. The van der Waals surface area contributed by atoms with E-state index in [-0.39, 0.29) is 6.42 Å². The molecule has 3 N–H and O–H groups in total. The molecule has 1 rings (SSSR count). The predicted octanol–water partition coefficient (Wildman–Crippen LogP) is -0.329. The van der Waals surface area contributed by atoms with Gasteiger partial charge in [0, 0.05) is 12.7 Å². The maximum Gasteiger partial charge on any atom is 0.328 e. The lowest BCUT2D eigenvalue weighted by atomic mass is 10.4. The minimum Gasteiger partial charge on any atom is -0.356 e. The van der Waals surface area contributed by atoms with E-state index >= 15 is 0 Å². The number of hydrogen-bond donors (Lipinski definition) is 2. The van der Waals surface area contributed by atoms with Gasteiger partial charge in [0.15, 0.2) is 0 Å². The minimum atomic E-state index is -0.468. The number of nitriles is 1. The molecule has 0 aromatic carbocycles. The second-order valence-corrected chi connectivity index (χ2v) is 2.54. The van der Waals surface area contributed by atoms with Crippen LogP contribution in [-0.4, -0.2) is 10.5 Å². The first-order chi connectivity index (χ1) is 6.77. The smallest absolute Gasteiger partial charge is 0.328 e. The lowest BCUT2D eigenvalue weighted by molar-refractivity contribution is -0.151. The second kappa shape index (κ2) is 5.01. The summed E-state index contributed by atoms with van der Waals surface area (Å²) in [6.45, 7) is 0.399. The second-order valence-electron chi connectivity index (χ2n) is 2.54. The van der Waals surface area contributed by atoms with E-state index in [1.54, 1.807) is 28.5 Å². The van der Waals surface area contributed by atoms with Gasteiger partial charge in [0.25, 0.3) is 0 Å². The molecule has 0 spiro atoms. The first kappa shape index (κ1) is 10.2. The van der Waals surface area contributed by atoms with Crippen molar-refractivity contribution in [2.45, 2.75) is 13.0 Å². The SMILES string of the molecule is N#Cc1cccn1CCC(=O)ONN. The highest BCUT2D eigenvalue weighted by molar-refractivity contribution is 5.68. The number of hydrogen-bond acceptors (Lipinski definition) is 5. The van der Waals surface area contributed by atoms with E-state index in [1.807, 2.05) is 6.07 Å². The van der Waals surface area contributed by atoms with Crippen LogP contribution in [-0.2, 0) is 16.2 Å². The molecule has 0 fully saturated rings. The average Bonchev–Trinajstić information content (AvgIpc) is 2.62. The molecule has 0 atom stereocenters. The molecule has 0 amide bonds. The molecule has 0 bridgehead atoms. The molecule has 6 nitrogen and oxygen atoms in total. The Bertz CT molecular complexity index is 352.